The predicted octanol–water partition coefficient (Wildman–Crippen LogP) is 2.47. The number of aryl methyl sites for hydroxylation is 2. The van der Waals surface area contributed by atoms with Gasteiger partial charge in [-0.2, -0.15) is 4.98 Å². The number of pyridine rings is 1. The summed E-state index contributed by atoms with van der Waals surface area (Å²) >= 11 is 1.47. The molecular formula is C17H16N6O2S. The summed E-state index contributed by atoms with van der Waals surface area (Å²) < 4.78 is 8.35. The summed E-state index contributed by atoms with van der Waals surface area (Å²) in [7, 11) is 1.36. The highest BCUT2D eigenvalue weighted by Crippen LogP contribution is 2.21. The van der Waals surface area contributed by atoms with Crippen LogP contribution in [0.25, 0.3) is 11.4 Å². The largest absolute Gasteiger partial charge is 0.465 e. The van der Waals surface area contributed by atoms with E-state index in [0.29, 0.717) is 27.9 Å². The van der Waals surface area contributed by atoms with Crippen molar-refractivity contribution in [1.29, 1.82) is 0 Å². The molecule has 0 atom stereocenters. The second kappa shape index (κ2) is 6.41. The van der Waals surface area contributed by atoms with Gasteiger partial charge in [0.05, 0.1) is 12.8 Å². The van der Waals surface area contributed by atoms with Gasteiger partial charge in [0.15, 0.2) is 5.65 Å². The minimum absolute atomic E-state index is 0.403. The lowest BCUT2D eigenvalue weighted by Gasteiger charge is -2.00. The monoisotopic (exact) mass is 368 g/mol. The molecule has 9 heteroatoms. The number of hydrogen-bond acceptors (Lipinski definition) is 7. The molecular weight excluding hydrogens is 352 g/mol. The highest BCUT2D eigenvalue weighted by Gasteiger charge is 2.14. The quantitative estimate of drug-likeness (QED) is 0.404. The van der Waals surface area contributed by atoms with Crippen molar-refractivity contribution in [3.05, 3.63) is 53.2 Å². The molecule has 0 spiro atoms. The summed E-state index contributed by atoms with van der Waals surface area (Å²) in [5.74, 6) is 0.768. The van der Waals surface area contributed by atoms with Crippen molar-refractivity contribution in [2.45, 2.75) is 24.8 Å². The molecule has 0 aliphatic heterocycles. The number of aromatic nitrogens is 6. The lowest BCUT2D eigenvalue weighted by molar-refractivity contribution is 0.0602. The fraction of sp³-hybridized carbons (Fsp3) is 0.235. The number of imidazole rings is 1. The Labute approximate surface area is 153 Å². The fourth-order valence-corrected chi connectivity index (χ4v) is 3.45. The molecule has 0 unspecified atom stereocenters. The molecule has 4 rings (SSSR count). The lowest BCUT2D eigenvalue weighted by Crippen LogP contribution is -2.03. The number of hydrogen-bond donors (Lipinski definition) is 0. The Morgan fingerprint density at radius 3 is 2.92 bits per heavy atom. The number of thioether (sulfide) groups is 1. The smallest absolute Gasteiger partial charge is 0.341 e. The van der Waals surface area contributed by atoms with Crippen LogP contribution in [0.5, 0.6) is 0 Å². The van der Waals surface area contributed by atoms with Gasteiger partial charge in [0, 0.05) is 29.5 Å². The number of rotatable bonds is 4. The zero-order valence-corrected chi connectivity index (χ0v) is 15.3. The van der Waals surface area contributed by atoms with Crippen molar-refractivity contribution in [3.63, 3.8) is 0 Å². The van der Waals surface area contributed by atoms with Crippen LogP contribution in [0.15, 0.2) is 35.7 Å². The maximum absolute atomic E-state index is 11.9. The Morgan fingerprint density at radius 1 is 1.27 bits per heavy atom. The molecule has 132 valence electrons. The lowest BCUT2D eigenvalue weighted by atomic mass is 10.3. The van der Waals surface area contributed by atoms with Crippen LogP contribution in [-0.2, 0) is 10.5 Å². The summed E-state index contributed by atoms with van der Waals surface area (Å²) in [5, 5.41) is 5.11. The maximum Gasteiger partial charge on any atom is 0.341 e. The van der Waals surface area contributed by atoms with Crippen molar-refractivity contribution in [1.82, 2.24) is 29.0 Å². The van der Waals surface area contributed by atoms with Gasteiger partial charge in [-0.1, -0.05) is 11.8 Å². The molecule has 0 N–H and O–H groups in total. The van der Waals surface area contributed by atoms with Crippen LogP contribution in [0, 0.1) is 13.8 Å². The molecule has 0 saturated carbocycles. The van der Waals surface area contributed by atoms with E-state index in [0.717, 1.165) is 17.1 Å². The van der Waals surface area contributed by atoms with E-state index in [1.807, 2.05) is 36.7 Å². The van der Waals surface area contributed by atoms with E-state index >= 15 is 0 Å². The third kappa shape index (κ3) is 2.90. The van der Waals surface area contributed by atoms with Gasteiger partial charge in [0.25, 0.3) is 5.78 Å². The first-order chi connectivity index (χ1) is 12.5. The second-order valence-corrected chi connectivity index (χ2v) is 6.75. The van der Waals surface area contributed by atoms with Crippen LogP contribution in [0.4, 0.5) is 0 Å². The fourth-order valence-electron chi connectivity index (χ4n) is 2.75. The summed E-state index contributed by atoms with van der Waals surface area (Å²) in [6.07, 6.45) is 3.74. The minimum atomic E-state index is -0.403. The zero-order chi connectivity index (χ0) is 18.3. The van der Waals surface area contributed by atoms with Crippen molar-refractivity contribution in [3.8, 4) is 0 Å². The van der Waals surface area contributed by atoms with E-state index in [2.05, 4.69) is 20.1 Å². The molecule has 0 bridgehead atoms. The molecule has 4 aromatic rings. The molecule has 0 aliphatic carbocycles. The molecule has 0 aromatic carbocycles. The number of esters is 1. The van der Waals surface area contributed by atoms with Crippen molar-refractivity contribution in [2.24, 2.45) is 0 Å². The van der Waals surface area contributed by atoms with Gasteiger partial charge in [-0.15, -0.1) is 5.10 Å². The summed E-state index contributed by atoms with van der Waals surface area (Å²) in [6.45, 7) is 3.91. The van der Waals surface area contributed by atoms with Gasteiger partial charge in [0.1, 0.15) is 5.56 Å². The van der Waals surface area contributed by atoms with Gasteiger partial charge < -0.3 is 9.14 Å². The van der Waals surface area contributed by atoms with Crippen molar-refractivity contribution < 1.29 is 9.53 Å². The van der Waals surface area contributed by atoms with Crippen LogP contribution >= 0.6 is 11.8 Å². The third-order valence-corrected chi connectivity index (χ3v) is 4.76. The van der Waals surface area contributed by atoms with Crippen LogP contribution in [-0.4, -0.2) is 42.0 Å². The van der Waals surface area contributed by atoms with Gasteiger partial charge in [-0.25, -0.2) is 19.3 Å². The van der Waals surface area contributed by atoms with Crippen LogP contribution in [0.1, 0.15) is 27.4 Å². The zero-order valence-electron chi connectivity index (χ0n) is 14.5. The first-order valence-corrected chi connectivity index (χ1v) is 8.92. The summed E-state index contributed by atoms with van der Waals surface area (Å²) in [4.78, 5) is 25.3. The minimum Gasteiger partial charge on any atom is -0.465 e. The van der Waals surface area contributed by atoms with E-state index < -0.39 is 5.97 Å². The Hall–Kier alpha value is -2.94. The van der Waals surface area contributed by atoms with Crippen molar-refractivity contribution in [2.75, 3.05) is 7.11 Å². The topological polar surface area (TPSA) is 86.7 Å². The number of nitrogens with zero attached hydrogens (tertiary/aromatic N) is 6. The maximum atomic E-state index is 11.9. The van der Waals surface area contributed by atoms with E-state index in [1.54, 1.807) is 16.6 Å². The Kier molecular flexibility index (Phi) is 4.08. The standard InChI is InChI=1S/C17H16N6O2S/c1-10-7-11(2)23-16(18-10)20-17(21-23)26-9-12-8-22-6-4-5-13(14(22)19-12)15(24)25-3/h4-8H,9H2,1-3H3. The van der Waals surface area contributed by atoms with E-state index in [4.69, 9.17) is 4.74 Å². The first kappa shape index (κ1) is 16.5. The molecule has 8 nitrogen and oxygen atoms in total. The average molecular weight is 368 g/mol. The molecule has 0 radical (unpaired) electrons. The van der Waals surface area contributed by atoms with Crippen LogP contribution in [0.2, 0.25) is 0 Å². The number of fused-ring (bicyclic) bond motifs is 2. The van der Waals surface area contributed by atoms with Crippen molar-refractivity contribution >= 4 is 29.2 Å². The van der Waals surface area contributed by atoms with Gasteiger partial charge in [-0.3, -0.25) is 0 Å². The molecule has 0 fully saturated rings. The SMILES string of the molecule is COC(=O)c1cccn2cc(CSc3nc4nc(C)cc(C)n4n3)nc12. The molecule has 4 aromatic heterocycles. The molecule has 0 saturated heterocycles. The molecule has 0 amide bonds. The van der Waals surface area contributed by atoms with Gasteiger partial charge >= 0.3 is 5.97 Å². The summed E-state index contributed by atoms with van der Waals surface area (Å²) in [6, 6.07) is 5.45. The Bertz CT molecular complexity index is 1130. The number of ether oxygens (including phenoxy) is 1. The van der Waals surface area contributed by atoms with E-state index in [-0.39, 0.29) is 0 Å². The summed E-state index contributed by atoms with van der Waals surface area (Å²) in [5.41, 5.74) is 3.74. The molecule has 4 heterocycles. The second-order valence-electron chi connectivity index (χ2n) is 5.81. The third-order valence-electron chi connectivity index (χ3n) is 3.89. The van der Waals surface area contributed by atoms with Crippen LogP contribution < -0.4 is 0 Å². The predicted molar refractivity (Wildman–Crippen MR) is 96.3 cm³/mol. The first-order valence-electron chi connectivity index (χ1n) is 7.94. The van der Waals surface area contributed by atoms with Gasteiger partial charge in [0.2, 0.25) is 5.16 Å². The molecule has 0 aliphatic rings. The number of carbonyl (C=O) groups excluding carboxylic acids is 1. The highest BCUT2D eigenvalue weighted by atomic mass is 32.2. The normalized spacial score (nSPS) is 11.3. The van der Waals surface area contributed by atoms with E-state index in [1.165, 1.54) is 18.9 Å². The van der Waals surface area contributed by atoms with E-state index in [9.17, 15) is 4.79 Å². The molecule has 26 heavy (non-hydrogen) atoms. The average Bonchev–Trinajstić information content (AvgIpc) is 3.22. The Morgan fingerprint density at radius 2 is 2.12 bits per heavy atom. The Balaban J connectivity index is 1.60. The highest BCUT2D eigenvalue weighted by molar-refractivity contribution is 7.98. The van der Waals surface area contributed by atoms with Gasteiger partial charge in [-0.05, 0) is 32.0 Å². The number of carbonyl (C=O) groups is 1. The van der Waals surface area contributed by atoms with Crippen LogP contribution in [0.3, 0.4) is 0 Å². The number of methoxy groups -OCH3 is 1.